The van der Waals surface area contributed by atoms with Gasteiger partial charge in [-0.05, 0) is 38.4 Å². The molecule has 0 amide bonds. The molecule has 2 rings (SSSR count). The highest BCUT2D eigenvalue weighted by atomic mass is 16.3. The Morgan fingerprint density at radius 1 is 1.30 bits per heavy atom. The van der Waals surface area contributed by atoms with Gasteiger partial charge < -0.3 is 19.2 Å². The molecule has 126 valence electrons. The standard InChI is InChI=1S/C17H27N5O/c1-18-17(22(5)13-14-8-6-10-21(14)4)19-12-15(20(2)3)16-9-7-11-23-16/h6-11,15H,12-13H2,1-5H3,(H,18,19). The number of nitrogens with one attached hydrogen (secondary N) is 1. The lowest BCUT2D eigenvalue weighted by atomic mass is 10.2. The maximum atomic E-state index is 5.55. The zero-order chi connectivity index (χ0) is 16.8. The van der Waals surface area contributed by atoms with Crippen molar-refractivity contribution in [3.8, 4) is 0 Å². The zero-order valence-corrected chi connectivity index (χ0v) is 14.7. The van der Waals surface area contributed by atoms with Gasteiger partial charge in [0.2, 0.25) is 0 Å². The highest BCUT2D eigenvalue weighted by Crippen LogP contribution is 2.17. The Morgan fingerprint density at radius 3 is 2.61 bits per heavy atom. The predicted octanol–water partition coefficient (Wildman–Crippen LogP) is 1.93. The first-order valence-corrected chi connectivity index (χ1v) is 7.74. The monoisotopic (exact) mass is 317 g/mol. The molecule has 0 radical (unpaired) electrons. The molecule has 1 unspecified atom stereocenters. The first kappa shape index (κ1) is 17.1. The molecule has 23 heavy (non-hydrogen) atoms. The number of rotatable bonds is 6. The highest BCUT2D eigenvalue weighted by Gasteiger charge is 2.18. The third-order valence-corrected chi connectivity index (χ3v) is 3.97. The van der Waals surface area contributed by atoms with Gasteiger partial charge in [0.15, 0.2) is 5.96 Å². The van der Waals surface area contributed by atoms with Crippen LogP contribution in [0.2, 0.25) is 0 Å². The summed E-state index contributed by atoms with van der Waals surface area (Å²) in [6, 6.07) is 8.25. The van der Waals surface area contributed by atoms with Crippen molar-refractivity contribution >= 4 is 5.96 Å². The molecule has 0 aliphatic carbocycles. The SMILES string of the molecule is CN=C(NCC(c1ccco1)N(C)C)N(C)Cc1cccn1C. The summed E-state index contributed by atoms with van der Waals surface area (Å²) in [5.41, 5.74) is 1.24. The number of aryl methyl sites for hydroxylation is 1. The van der Waals surface area contributed by atoms with Crippen molar-refractivity contribution in [1.29, 1.82) is 0 Å². The fourth-order valence-corrected chi connectivity index (χ4v) is 2.57. The predicted molar refractivity (Wildman–Crippen MR) is 93.4 cm³/mol. The van der Waals surface area contributed by atoms with Crippen LogP contribution in [0.15, 0.2) is 46.1 Å². The lowest BCUT2D eigenvalue weighted by Crippen LogP contribution is -2.42. The lowest BCUT2D eigenvalue weighted by molar-refractivity contribution is 0.256. The molecule has 0 bridgehead atoms. The fourth-order valence-electron chi connectivity index (χ4n) is 2.57. The average Bonchev–Trinajstić information content (AvgIpc) is 3.16. The summed E-state index contributed by atoms with van der Waals surface area (Å²) in [5, 5.41) is 3.44. The van der Waals surface area contributed by atoms with Crippen LogP contribution in [-0.2, 0) is 13.6 Å². The maximum Gasteiger partial charge on any atom is 0.193 e. The molecule has 2 aromatic rings. The number of aliphatic imine (C=N–C) groups is 1. The van der Waals surface area contributed by atoms with Crippen LogP contribution < -0.4 is 5.32 Å². The van der Waals surface area contributed by atoms with Crippen molar-refractivity contribution < 1.29 is 4.42 Å². The molecule has 0 aliphatic rings. The second-order valence-corrected chi connectivity index (χ2v) is 5.89. The van der Waals surface area contributed by atoms with E-state index in [4.69, 9.17) is 4.42 Å². The van der Waals surface area contributed by atoms with E-state index in [0.29, 0.717) is 0 Å². The number of likely N-dealkylation sites (N-methyl/N-ethyl adjacent to an activating group) is 1. The molecule has 0 aliphatic heterocycles. The summed E-state index contributed by atoms with van der Waals surface area (Å²) in [7, 11) is 10.00. The Morgan fingerprint density at radius 2 is 2.09 bits per heavy atom. The normalized spacial score (nSPS) is 13.4. The molecule has 6 heteroatoms. The van der Waals surface area contributed by atoms with Crippen LogP contribution in [-0.4, -0.2) is 55.1 Å². The highest BCUT2D eigenvalue weighted by molar-refractivity contribution is 5.79. The van der Waals surface area contributed by atoms with E-state index < -0.39 is 0 Å². The van der Waals surface area contributed by atoms with Crippen LogP contribution in [0.3, 0.4) is 0 Å². The van der Waals surface area contributed by atoms with E-state index in [2.05, 4.69) is 50.1 Å². The molecule has 0 spiro atoms. The Hall–Kier alpha value is -2.21. The van der Waals surface area contributed by atoms with E-state index in [1.807, 2.05) is 33.3 Å². The van der Waals surface area contributed by atoms with Crippen molar-refractivity contribution in [3.05, 3.63) is 48.2 Å². The fraction of sp³-hybridized carbons (Fsp3) is 0.471. The van der Waals surface area contributed by atoms with E-state index >= 15 is 0 Å². The van der Waals surface area contributed by atoms with Crippen LogP contribution in [0.1, 0.15) is 17.5 Å². The van der Waals surface area contributed by atoms with Gasteiger partial charge >= 0.3 is 0 Å². The van der Waals surface area contributed by atoms with E-state index in [1.165, 1.54) is 5.69 Å². The molecule has 0 saturated heterocycles. The largest absolute Gasteiger partial charge is 0.468 e. The molecule has 2 aromatic heterocycles. The van der Waals surface area contributed by atoms with Crippen molar-refractivity contribution in [2.24, 2.45) is 12.0 Å². The van der Waals surface area contributed by atoms with Gasteiger partial charge in [0, 0.05) is 39.6 Å². The Kier molecular flexibility index (Phi) is 5.87. The molecule has 0 aromatic carbocycles. The van der Waals surface area contributed by atoms with Gasteiger partial charge in [-0.3, -0.25) is 9.89 Å². The minimum Gasteiger partial charge on any atom is -0.468 e. The van der Waals surface area contributed by atoms with Crippen LogP contribution in [0.5, 0.6) is 0 Å². The minimum atomic E-state index is 0.158. The second-order valence-electron chi connectivity index (χ2n) is 5.89. The summed E-state index contributed by atoms with van der Waals surface area (Å²) in [6.07, 6.45) is 3.76. The Bertz CT molecular complexity index is 615. The van der Waals surface area contributed by atoms with E-state index in [-0.39, 0.29) is 6.04 Å². The van der Waals surface area contributed by atoms with Gasteiger partial charge in [0.05, 0.1) is 18.8 Å². The topological polar surface area (TPSA) is 48.9 Å². The summed E-state index contributed by atoms with van der Waals surface area (Å²) in [4.78, 5) is 8.63. The van der Waals surface area contributed by atoms with Crippen molar-refractivity contribution in [3.63, 3.8) is 0 Å². The first-order valence-electron chi connectivity index (χ1n) is 7.74. The number of guanidine groups is 1. The summed E-state index contributed by atoms with van der Waals surface area (Å²) >= 11 is 0. The zero-order valence-electron chi connectivity index (χ0n) is 14.7. The van der Waals surface area contributed by atoms with Gasteiger partial charge in [-0.1, -0.05) is 0 Å². The number of nitrogens with zero attached hydrogens (tertiary/aromatic N) is 4. The summed E-state index contributed by atoms with van der Waals surface area (Å²) in [6.45, 7) is 1.53. The van der Waals surface area contributed by atoms with Crippen LogP contribution in [0, 0.1) is 0 Å². The molecule has 0 saturated carbocycles. The van der Waals surface area contributed by atoms with Gasteiger partial charge in [-0.15, -0.1) is 0 Å². The van der Waals surface area contributed by atoms with E-state index in [1.54, 1.807) is 13.3 Å². The molecule has 6 nitrogen and oxygen atoms in total. The van der Waals surface area contributed by atoms with Crippen LogP contribution >= 0.6 is 0 Å². The maximum absolute atomic E-state index is 5.55. The van der Waals surface area contributed by atoms with Crippen molar-refractivity contribution in [1.82, 2.24) is 19.7 Å². The summed E-state index contributed by atoms with van der Waals surface area (Å²) < 4.78 is 7.67. The molecular formula is C17H27N5O. The van der Waals surface area contributed by atoms with Gasteiger partial charge in [0.25, 0.3) is 0 Å². The van der Waals surface area contributed by atoms with Gasteiger partial charge in [-0.25, -0.2) is 0 Å². The van der Waals surface area contributed by atoms with Crippen LogP contribution in [0.25, 0.3) is 0 Å². The number of hydrogen-bond donors (Lipinski definition) is 1. The van der Waals surface area contributed by atoms with Gasteiger partial charge in [0.1, 0.15) is 5.76 Å². The molecule has 2 heterocycles. The van der Waals surface area contributed by atoms with Crippen LogP contribution in [0.4, 0.5) is 0 Å². The number of aromatic nitrogens is 1. The second kappa shape index (κ2) is 7.87. The van der Waals surface area contributed by atoms with E-state index in [9.17, 15) is 0 Å². The quantitative estimate of drug-likeness (QED) is 0.653. The molecule has 1 N–H and O–H groups in total. The lowest BCUT2D eigenvalue weighted by Gasteiger charge is -2.27. The third-order valence-electron chi connectivity index (χ3n) is 3.97. The number of hydrogen-bond acceptors (Lipinski definition) is 3. The van der Waals surface area contributed by atoms with Crippen molar-refractivity contribution in [2.75, 3.05) is 34.7 Å². The molecule has 0 fully saturated rings. The minimum absolute atomic E-state index is 0.158. The Labute approximate surface area is 138 Å². The summed E-state index contributed by atoms with van der Waals surface area (Å²) in [5.74, 6) is 1.81. The third kappa shape index (κ3) is 4.39. The first-order chi connectivity index (χ1) is 11.0. The molecule has 1 atom stereocenters. The smallest absolute Gasteiger partial charge is 0.193 e. The number of furan rings is 1. The van der Waals surface area contributed by atoms with E-state index in [0.717, 1.165) is 24.8 Å². The Balaban J connectivity index is 1.97. The van der Waals surface area contributed by atoms with Crippen molar-refractivity contribution in [2.45, 2.75) is 12.6 Å². The molecular weight excluding hydrogens is 290 g/mol. The average molecular weight is 317 g/mol. The van der Waals surface area contributed by atoms with Gasteiger partial charge in [-0.2, -0.15) is 0 Å².